The molecule has 0 aliphatic rings. The van der Waals surface area contributed by atoms with E-state index in [2.05, 4.69) is 15.1 Å². The van der Waals surface area contributed by atoms with Gasteiger partial charge in [0.05, 0.1) is 25.5 Å². The van der Waals surface area contributed by atoms with Crippen LogP contribution in [0, 0.1) is 0 Å². The van der Waals surface area contributed by atoms with E-state index in [9.17, 15) is 8.42 Å². The largest absolute Gasteiger partial charge is 0.497 e. The molecule has 0 saturated carbocycles. The number of aromatic nitrogens is 2. The minimum atomic E-state index is -3.65. The molecule has 0 atom stereocenters. The molecular weight excluding hydrogens is 292 g/mol. The highest BCUT2D eigenvalue weighted by molar-refractivity contribution is 7.92. The number of likely N-dealkylation sites (N-methyl/N-ethyl adjacent to an activating group) is 1. The first kappa shape index (κ1) is 15.3. The van der Waals surface area contributed by atoms with E-state index >= 15 is 0 Å². The number of nitrogens with zero attached hydrogens (tertiary/aromatic N) is 2. The normalized spacial score (nSPS) is 11.3. The van der Waals surface area contributed by atoms with Crippen molar-refractivity contribution in [2.45, 2.75) is 11.4 Å². The van der Waals surface area contributed by atoms with Gasteiger partial charge >= 0.3 is 0 Å². The zero-order valence-electron chi connectivity index (χ0n) is 11.9. The molecule has 8 heteroatoms. The monoisotopic (exact) mass is 310 g/mol. The summed E-state index contributed by atoms with van der Waals surface area (Å²) in [5, 5.41) is 7.01. The molecular formula is C13H18N4O3S. The Morgan fingerprint density at radius 2 is 2.19 bits per heavy atom. The van der Waals surface area contributed by atoms with Crippen LogP contribution < -0.4 is 14.8 Å². The summed E-state index contributed by atoms with van der Waals surface area (Å²) in [6.07, 6.45) is 2.83. The van der Waals surface area contributed by atoms with Gasteiger partial charge in [-0.3, -0.25) is 9.40 Å². The summed E-state index contributed by atoms with van der Waals surface area (Å²) in [7, 11) is -0.300. The van der Waals surface area contributed by atoms with Crippen molar-refractivity contribution in [3.05, 3.63) is 36.7 Å². The van der Waals surface area contributed by atoms with Crippen molar-refractivity contribution in [3.8, 4) is 5.75 Å². The number of sulfonamides is 1. The maximum Gasteiger partial charge on any atom is 0.265 e. The number of rotatable bonds is 7. The molecule has 0 bridgehead atoms. The van der Waals surface area contributed by atoms with Crippen LogP contribution in [0.2, 0.25) is 0 Å². The van der Waals surface area contributed by atoms with E-state index < -0.39 is 10.0 Å². The van der Waals surface area contributed by atoms with Gasteiger partial charge in [-0.2, -0.15) is 5.10 Å². The van der Waals surface area contributed by atoms with E-state index in [0.29, 0.717) is 24.5 Å². The second-order valence-corrected chi connectivity index (χ2v) is 6.06. The van der Waals surface area contributed by atoms with Crippen molar-refractivity contribution in [2.24, 2.45) is 0 Å². The van der Waals surface area contributed by atoms with Crippen LogP contribution in [-0.4, -0.2) is 38.9 Å². The quantitative estimate of drug-likeness (QED) is 0.794. The number of nitrogens with one attached hydrogen (secondary N) is 2. The number of anilines is 1. The Morgan fingerprint density at radius 3 is 2.90 bits per heavy atom. The van der Waals surface area contributed by atoms with Crippen molar-refractivity contribution in [1.82, 2.24) is 15.1 Å². The highest BCUT2D eigenvalue weighted by atomic mass is 32.2. The lowest BCUT2D eigenvalue weighted by Gasteiger charge is -2.07. The molecule has 21 heavy (non-hydrogen) atoms. The zero-order valence-corrected chi connectivity index (χ0v) is 12.7. The molecule has 1 heterocycles. The van der Waals surface area contributed by atoms with Crippen LogP contribution in [0.25, 0.3) is 0 Å². The number of hydrogen-bond acceptors (Lipinski definition) is 5. The number of benzene rings is 1. The van der Waals surface area contributed by atoms with Gasteiger partial charge < -0.3 is 10.1 Å². The summed E-state index contributed by atoms with van der Waals surface area (Å²) in [6.45, 7) is 1.32. The highest BCUT2D eigenvalue weighted by Crippen LogP contribution is 2.20. The van der Waals surface area contributed by atoms with Gasteiger partial charge in [0, 0.05) is 18.8 Å². The summed E-state index contributed by atoms with van der Waals surface area (Å²) < 4.78 is 33.7. The molecule has 1 aromatic heterocycles. The molecule has 0 unspecified atom stereocenters. The Labute approximate surface area is 124 Å². The average Bonchev–Trinajstić information content (AvgIpc) is 2.94. The van der Waals surface area contributed by atoms with E-state index in [4.69, 9.17) is 4.74 Å². The Morgan fingerprint density at radius 1 is 1.38 bits per heavy atom. The lowest BCUT2D eigenvalue weighted by atomic mass is 10.3. The van der Waals surface area contributed by atoms with Crippen LogP contribution in [0.5, 0.6) is 5.75 Å². The molecule has 2 rings (SSSR count). The zero-order chi connectivity index (χ0) is 15.3. The first-order valence-electron chi connectivity index (χ1n) is 6.39. The Balaban J connectivity index is 2.15. The number of hydrogen-bond donors (Lipinski definition) is 2. The van der Waals surface area contributed by atoms with Gasteiger partial charge in [-0.15, -0.1) is 0 Å². The van der Waals surface area contributed by atoms with Gasteiger partial charge in [-0.1, -0.05) is 6.07 Å². The van der Waals surface area contributed by atoms with E-state index in [1.54, 1.807) is 28.9 Å². The van der Waals surface area contributed by atoms with E-state index in [-0.39, 0.29) is 4.90 Å². The predicted octanol–water partition coefficient (Wildman–Crippen LogP) is 0.912. The fraction of sp³-hybridized carbons (Fsp3) is 0.308. The number of ether oxygens (including phenoxy) is 1. The van der Waals surface area contributed by atoms with Crippen LogP contribution in [-0.2, 0) is 16.6 Å². The Hall–Kier alpha value is -2.06. The topological polar surface area (TPSA) is 85.2 Å². The van der Waals surface area contributed by atoms with Gasteiger partial charge in [0.25, 0.3) is 10.0 Å². The van der Waals surface area contributed by atoms with Crippen molar-refractivity contribution in [1.29, 1.82) is 0 Å². The third kappa shape index (κ3) is 3.96. The van der Waals surface area contributed by atoms with Gasteiger partial charge in [-0.05, 0) is 19.2 Å². The molecule has 0 aliphatic carbocycles. The minimum absolute atomic E-state index is 0.126. The molecule has 0 aliphatic heterocycles. The molecule has 114 valence electrons. The average molecular weight is 310 g/mol. The standard InChI is InChI=1S/C13H18N4O3S/c1-14-6-7-17-10-13(9-15-17)21(18,19)16-11-4-3-5-12(8-11)20-2/h3-5,8-10,14,16H,6-7H2,1-2H3. The first-order valence-corrected chi connectivity index (χ1v) is 7.87. The summed E-state index contributed by atoms with van der Waals surface area (Å²) >= 11 is 0. The number of methoxy groups -OCH3 is 1. The van der Waals surface area contributed by atoms with Gasteiger partial charge in [0.2, 0.25) is 0 Å². The molecule has 0 saturated heterocycles. The van der Waals surface area contributed by atoms with Gasteiger partial charge in [0.1, 0.15) is 10.6 Å². The summed E-state index contributed by atoms with van der Waals surface area (Å²) in [5.74, 6) is 0.583. The fourth-order valence-corrected chi connectivity index (χ4v) is 2.73. The van der Waals surface area contributed by atoms with Gasteiger partial charge in [-0.25, -0.2) is 8.42 Å². The first-order chi connectivity index (χ1) is 10.0. The van der Waals surface area contributed by atoms with Crippen LogP contribution in [0.15, 0.2) is 41.6 Å². The fourth-order valence-electron chi connectivity index (χ4n) is 1.73. The van der Waals surface area contributed by atoms with E-state index in [1.807, 2.05) is 7.05 Å². The third-order valence-corrected chi connectivity index (χ3v) is 4.17. The predicted molar refractivity (Wildman–Crippen MR) is 80.0 cm³/mol. The molecule has 2 N–H and O–H groups in total. The lowest BCUT2D eigenvalue weighted by molar-refractivity contribution is 0.415. The summed E-state index contributed by atoms with van der Waals surface area (Å²) in [5.41, 5.74) is 0.442. The second-order valence-electron chi connectivity index (χ2n) is 4.38. The molecule has 2 aromatic rings. The van der Waals surface area contributed by atoms with Crippen molar-refractivity contribution in [2.75, 3.05) is 25.4 Å². The van der Waals surface area contributed by atoms with Crippen LogP contribution in [0.3, 0.4) is 0 Å². The second kappa shape index (κ2) is 6.59. The molecule has 7 nitrogen and oxygen atoms in total. The van der Waals surface area contributed by atoms with Crippen LogP contribution in [0.1, 0.15) is 0 Å². The molecule has 1 aromatic carbocycles. The van der Waals surface area contributed by atoms with Gasteiger partial charge in [0.15, 0.2) is 0 Å². The Kier molecular flexibility index (Phi) is 4.81. The Bertz CT molecular complexity index is 697. The van der Waals surface area contributed by atoms with E-state index in [1.165, 1.54) is 19.5 Å². The molecule has 0 fully saturated rings. The highest BCUT2D eigenvalue weighted by Gasteiger charge is 2.16. The van der Waals surface area contributed by atoms with Crippen LogP contribution >= 0.6 is 0 Å². The summed E-state index contributed by atoms with van der Waals surface area (Å²) in [6, 6.07) is 6.73. The van der Waals surface area contributed by atoms with Crippen molar-refractivity contribution >= 4 is 15.7 Å². The molecule has 0 radical (unpaired) electrons. The van der Waals surface area contributed by atoms with Crippen molar-refractivity contribution in [3.63, 3.8) is 0 Å². The minimum Gasteiger partial charge on any atom is -0.497 e. The van der Waals surface area contributed by atoms with E-state index in [0.717, 1.165) is 0 Å². The maximum absolute atomic E-state index is 12.3. The lowest BCUT2D eigenvalue weighted by Crippen LogP contribution is -2.15. The third-order valence-electron chi connectivity index (χ3n) is 2.83. The van der Waals surface area contributed by atoms with Crippen LogP contribution in [0.4, 0.5) is 5.69 Å². The molecule has 0 spiro atoms. The smallest absolute Gasteiger partial charge is 0.265 e. The maximum atomic E-state index is 12.3. The van der Waals surface area contributed by atoms with Crippen molar-refractivity contribution < 1.29 is 13.2 Å². The SMILES string of the molecule is CNCCn1cc(S(=O)(=O)Nc2cccc(OC)c2)cn1. The summed E-state index contributed by atoms with van der Waals surface area (Å²) in [4.78, 5) is 0.126. The molecule has 0 amide bonds.